The number of nitrogens with zero attached hydrogens (tertiary/aromatic N) is 1. The Bertz CT molecular complexity index is 274. The summed E-state index contributed by atoms with van der Waals surface area (Å²) in [6.45, 7) is 4.41. The number of amides is 1. The number of ether oxygens (including phenoxy) is 2. The highest BCUT2D eigenvalue weighted by Crippen LogP contribution is 2.28. The van der Waals surface area contributed by atoms with Crippen LogP contribution in [0.2, 0.25) is 0 Å². The lowest BCUT2D eigenvalue weighted by Gasteiger charge is -2.25. The first-order valence-corrected chi connectivity index (χ1v) is 5.98. The van der Waals surface area contributed by atoms with Gasteiger partial charge in [0.1, 0.15) is 13.2 Å². The molecule has 0 unspecified atom stereocenters. The third kappa shape index (κ3) is 5.17. The smallest absolute Gasteiger partial charge is 0.325 e. The summed E-state index contributed by atoms with van der Waals surface area (Å²) in [4.78, 5) is 24.5. The zero-order chi connectivity index (χ0) is 12.8. The molecule has 1 aliphatic rings. The van der Waals surface area contributed by atoms with Crippen molar-refractivity contribution in [2.45, 2.75) is 32.7 Å². The van der Waals surface area contributed by atoms with Gasteiger partial charge in [0.05, 0.1) is 13.7 Å². The SMILES string of the molecule is COC(=O)CN(C(=O)COCC1CC1)C(C)C. The maximum Gasteiger partial charge on any atom is 0.325 e. The maximum absolute atomic E-state index is 11.8. The van der Waals surface area contributed by atoms with Crippen LogP contribution in [0.25, 0.3) is 0 Å². The van der Waals surface area contributed by atoms with Crippen LogP contribution in [0.5, 0.6) is 0 Å². The Balaban J connectivity index is 2.33. The second-order valence-corrected chi connectivity index (χ2v) is 4.65. The molecule has 0 aliphatic heterocycles. The highest BCUT2D eigenvalue weighted by atomic mass is 16.5. The summed E-state index contributed by atoms with van der Waals surface area (Å²) in [6.07, 6.45) is 2.40. The van der Waals surface area contributed by atoms with Gasteiger partial charge in [-0.1, -0.05) is 0 Å². The van der Waals surface area contributed by atoms with E-state index in [4.69, 9.17) is 4.74 Å². The molecule has 5 nitrogen and oxygen atoms in total. The number of carbonyl (C=O) groups is 2. The minimum absolute atomic E-state index is 0.0141. The summed E-state index contributed by atoms with van der Waals surface area (Å²) in [6, 6.07) is -0.0360. The fourth-order valence-electron chi connectivity index (χ4n) is 1.44. The molecule has 17 heavy (non-hydrogen) atoms. The van der Waals surface area contributed by atoms with Gasteiger partial charge in [-0.2, -0.15) is 0 Å². The highest BCUT2D eigenvalue weighted by Gasteiger charge is 2.24. The fourth-order valence-corrected chi connectivity index (χ4v) is 1.44. The number of hydrogen-bond acceptors (Lipinski definition) is 4. The predicted molar refractivity (Wildman–Crippen MR) is 62.4 cm³/mol. The fraction of sp³-hybridized carbons (Fsp3) is 0.833. The van der Waals surface area contributed by atoms with Crippen LogP contribution in [0.4, 0.5) is 0 Å². The van der Waals surface area contributed by atoms with Crippen molar-refractivity contribution in [3.05, 3.63) is 0 Å². The van der Waals surface area contributed by atoms with Crippen molar-refractivity contribution in [1.29, 1.82) is 0 Å². The van der Waals surface area contributed by atoms with Crippen LogP contribution in [0, 0.1) is 5.92 Å². The van der Waals surface area contributed by atoms with Gasteiger partial charge in [0.15, 0.2) is 0 Å². The molecule has 0 heterocycles. The Hall–Kier alpha value is -1.10. The average Bonchev–Trinajstić information content (AvgIpc) is 3.08. The Morgan fingerprint density at radius 1 is 1.35 bits per heavy atom. The van der Waals surface area contributed by atoms with E-state index in [2.05, 4.69) is 4.74 Å². The van der Waals surface area contributed by atoms with E-state index >= 15 is 0 Å². The van der Waals surface area contributed by atoms with Crippen molar-refractivity contribution < 1.29 is 19.1 Å². The summed E-state index contributed by atoms with van der Waals surface area (Å²) >= 11 is 0. The zero-order valence-electron chi connectivity index (χ0n) is 10.8. The number of methoxy groups -OCH3 is 1. The molecule has 98 valence electrons. The molecule has 0 radical (unpaired) electrons. The standard InChI is InChI=1S/C12H21NO4/c1-9(2)13(6-12(15)16-3)11(14)8-17-7-10-4-5-10/h9-10H,4-8H2,1-3H3. The molecule has 1 rings (SSSR count). The van der Waals surface area contributed by atoms with Gasteiger partial charge in [0.25, 0.3) is 0 Å². The van der Waals surface area contributed by atoms with E-state index in [0.29, 0.717) is 12.5 Å². The number of hydrogen-bond donors (Lipinski definition) is 0. The van der Waals surface area contributed by atoms with Crippen LogP contribution in [-0.2, 0) is 19.1 Å². The average molecular weight is 243 g/mol. The molecule has 1 fully saturated rings. The van der Waals surface area contributed by atoms with Gasteiger partial charge in [-0.25, -0.2) is 0 Å². The lowest BCUT2D eigenvalue weighted by molar-refractivity contribution is -0.150. The Morgan fingerprint density at radius 3 is 2.47 bits per heavy atom. The van der Waals surface area contributed by atoms with Crippen molar-refractivity contribution in [2.24, 2.45) is 5.92 Å². The normalized spacial score (nSPS) is 14.8. The largest absolute Gasteiger partial charge is 0.468 e. The van der Waals surface area contributed by atoms with Gasteiger partial charge in [0, 0.05) is 6.04 Å². The van der Waals surface area contributed by atoms with E-state index in [1.54, 1.807) is 0 Å². The molecular formula is C12H21NO4. The molecule has 0 aromatic carbocycles. The lowest BCUT2D eigenvalue weighted by atomic mass is 10.3. The van der Waals surface area contributed by atoms with E-state index in [0.717, 1.165) is 0 Å². The van der Waals surface area contributed by atoms with Crippen LogP contribution in [-0.4, -0.2) is 49.7 Å². The van der Waals surface area contributed by atoms with E-state index in [1.165, 1.54) is 24.9 Å². The van der Waals surface area contributed by atoms with Gasteiger partial charge in [-0.3, -0.25) is 9.59 Å². The van der Waals surface area contributed by atoms with Crippen LogP contribution >= 0.6 is 0 Å². The minimum Gasteiger partial charge on any atom is -0.468 e. The second kappa shape index (κ2) is 6.59. The van der Waals surface area contributed by atoms with Crippen molar-refractivity contribution >= 4 is 11.9 Å². The summed E-state index contributed by atoms with van der Waals surface area (Å²) in [5, 5.41) is 0. The molecule has 0 atom stereocenters. The van der Waals surface area contributed by atoms with E-state index < -0.39 is 5.97 Å². The van der Waals surface area contributed by atoms with Crippen LogP contribution in [0.15, 0.2) is 0 Å². The van der Waals surface area contributed by atoms with Gasteiger partial charge in [-0.15, -0.1) is 0 Å². The van der Waals surface area contributed by atoms with Gasteiger partial charge in [0.2, 0.25) is 5.91 Å². The summed E-state index contributed by atoms with van der Waals surface area (Å²) in [5.41, 5.74) is 0. The Labute approximate surface area is 102 Å². The first-order chi connectivity index (χ1) is 8.04. The van der Waals surface area contributed by atoms with Crippen LogP contribution < -0.4 is 0 Å². The summed E-state index contributed by atoms with van der Waals surface area (Å²) in [5.74, 6) is 0.0659. The molecule has 0 saturated heterocycles. The van der Waals surface area contributed by atoms with Crippen molar-refractivity contribution in [3.63, 3.8) is 0 Å². The minimum atomic E-state index is -0.408. The van der Waals surface area contributed by atoms with E-state index in [9.17, 15) is 9.59 Å². The molecular weight excluding hydrogens is 222 g/mol. The van der Waals surface area contributed by atoms with Crippen LogP contribution in [0.3, 0.4) is 0 Å². The first-order valence-electron chi connectivity index (χ1n) is 5.98. The van der Waals surface area contributed by atoms with Gasteiger partial charge < -0.3 is 14.4 Å². The number of rotatable bonds is 7. The molecule has 0 N–H and O–H groups in total. The quantitative estimate of drug-likeness (QED) is 0.621. The zero-order valence-corrected chi connectivity index (χ0v) is 10.8. The maximum atomic E-state index is 11.8. The number of esters is 1. The van der Waals surface area contributed by atoms with Crippen molar-refractivity contribution in [2.75, 3.05) is 26.9 Å². The molecule has 0 spiro atoms. The monoisotopic (exact) mass is 243 g/mol. The molecule has 0 bridgehead atoms. The van der Waals surface area contributed by atoms with Crippen molar-refractivity contribution in [3.8, 4) is 0 Å². The summed E-state index contributed by atoms with van der Waals surface area (Å²) in [7, 11) is 1.31. The highest BCUT2D eigenvalue weighted by molar-refractivity contribution is 5.83. The molecule has 5 heteroatoms. The number of carbonyl (C=O) groups excluding carboxylic acids is 2. The third-order valence-electron chi connectivity index (χ3n) is 2.75. The van der Waals surface area contributed by atoms with E-state index in [-0.39, 0.29) is 25.1 Å². The molecule has 0 aromatic heterocycles. The predicted octanol–water partition coefficient (Wildman–Crippen LogP) is 0.823. The van der Waals surface area contributed by atoms with Gasteiger partial charge >= 0.3 is 5.97 Å². The lowest BCUT2D eigenvalue weighted by Crippen LogP contribution is -2.43. The molecule has 1 amide bonds. The topological polar surface area (TPSA) is 55.8 Å². The summed E-state index contributed by atoms with van der Waals surface area (Å²) < 4.78 is 9.88. The first kappa shape index (κ1) is 14.0. The van der Waals surface area contributed by atoms with Gasteiger partial charge in [-0.05, 0) is 32.6 Å². The van der Waals surface area contributed by atoms with Crippen molar-refractivity contribution in [1.82, 2.24) is 4.90 Å². The second-order valence-electron chi connectivity index (χ2n) is 4.65. The van der Waals surface area contributed by atoms with Crippen LogP contribution in [0.1, 0.15) is 26.7 Å². The Kier molecular flexibility index (Phi) is 5.41. The molecule has 1 aliphatic carbocycles. The Morgan fingerprint density at radius 2 is 2.00 bits per heavy atom. The molecule has 0 aromatic rings. The third-order valence-corrected chi connectivity index (χ3v) is 2.75. The molecule has 1 saturated carbocycles. The van der Waals surface area contributed by atoms with E-state index in [1.807, 2.05) is 13.8 Å².